The van der Waals surface area contributed by atoms with Crippen LogP contribution in [0.2, 0.25) is 5.02 Å². The van der Waals surface area contributed by atoms with E-state index in [-0.39, 0.29) is 18.6 Å². The second-order valence-corrected chi connectivity index (χ2v) is 6.55. The molecule has 1 aromatic carbocycles. The number of likely N-dealkylation sites (tertiary alicyclic amines) is 1. The maximum absolute atomic E-state index is 11.2. The number of carbonyl (C=O) groups excluding carboxylic acids is 2. The minimum Gasteiger partial charge on any atom is -0.493 e. The molecule has 7 nitrogen and oxygen atoms in total. The number of ether oxygens (including phenoxy) is 2. The Morgan fingerprint density at radius 1 is 1.44 bits per heavy atom. The smallest absolute Gasteiger partial charge is 0.255 e. The standard InChI is InChI=1S/C17H24ClN3O4/c1-11(22)20-13-4-3-5-21(9-13)8-12-6-14(18)17(15(7-12)24-2)25-10-16(19)23/h6-7,13H,3-5,8-10H2,1-2H3,(H2,19,23)(H,20,22). The number of nitrogens with one attached hydrogen (secondary N) is 1. The summed E-state index contributed by atoms with van der Waals surface area (Å²) in [4.78, 5) is 24.4. The maximum Gasteiger partial charge on any atom is 0.255 e. The molecule has 8 heteroatoms. The highest BCUT2D eigenvalue weighted by atomic mass is 35.5. The molecule has 138 valence electrons. The van der Waals surface area contributed by atoms with E-state index in [4.69, 9.17) is 26.8 Å². The lowest BCUT2D eigenvalue weighted by Crippen LogP contribution is -2.46. The molecule has 0 aromatic heterocycles. The molecule has 1 aliphatic heterocycles. The topological polar surface area (TPSA) is 93.9 Å². The molecule has 0 aliphatic carbocycles. The van der Waals surface area contributed by atoms with Crippen molar-refractivity contribution in [3.05, 3.63) is 22.7 Å². The van der Waals surface area contributed by atoms with Crippen LogP contribution < -0.4 is 20.5 Å². The summed E-state index contributed by atoms with van der Waals surface area (Å²) in [7, 11) is 1.51. The molecule has 1 heterocycles. The Hall–Kier alpha value is -1.99. The maximum atomic E-state index is 11.2. The van der Waals surface area contributed by atoms with Crippen molar-refractivity contribution >= 4 is 23.4 Å². The zero-order valence-corrected chi connectivity index (χ0v) is 15.3. The summed E-state index contributed by atoms with van der Waals surface area (Å²) in [5.41, 5.74) is 6.07. The number of hydrogen-bond donors (Lipinski definition) is 2. The van der Waals surface area contributed by atoms with Crippen LogP contribution in [-0.2, 0) is 16.1 Å². The summed E-state index contributed by atoms with van der Waals surface area (Å²) in [6.07, 6.45) is 2.01. The summed E-state index contributed by atoms with van der Waals surface area (Å²) in [5.74, 6) is 0.174. The van der Waals surface area contributed by atoms with Gasteiger partial charge in [-0.3, -0.25) is 14.5 Å². The fourth-order valence-corrected chi connectivity index (χ4v) is 3.30. The number of nitrogens with two attached hydrogens (primary N) is 1. The van der Waals surface area contributed by atoms with E-state index in [1.807, 2.05) is 6.07 Å². The largest absolute Gasteiger partial charge is 0.493 e. The lowest BCUT2D eigenvalue weighted by atomic mass is 10.0. The van der Waals surface area contributed by atoms with Crippen molar-refractivity contribution in [3.63, 3.8) is 0 Å². The normalized spacial score (nSPS) is 17.8. The van der Waals surface area contributed by atoms with Crippen molar-refractivity contribution in [1.29, 1.82) is 0 Å². The second kappa shape index (κ2) is 8.92. The third kappa shape index (κ3) is 5.79. The Morgan fingerprint density at radius 3 is 2.84 bits per heavy atom. The van der Waals surface area contributed by atoms with Gasteiger partial charge in [-0.25, -0.2) is 0 Å². The first-order valence-electron chi connectivity index (χ1n) is 8.16. The zero-order valence-electron chi connectivity index (χ0n) is 14.5. The lowest BCUT2D eigenvalue weighted by Gasteiger charge is -2.33. The molecular weight excluding hydrogens is 346 g/mol. The van der Waals surface area contributed by atoms with Crippen molar-refractivity contribution < 1.29 is 19.1 Å². The summed E-state index contributed by atoms with van der Waals surface area (Å²) >= 11 is 6.28. The van der Waals surface area contributed by atoms with E-state index in [0.29, 0.717) is 23.1 Å². The minimum atomic E-state index is -0.584. The van der Waals surface area contributed by atoms with Gasteiger partial charge in [0.25, 0.3) is 5.91 Å². The van der Waals surface area contributed by atoms with Gasteiger partial charge in [0.2, 0.25) is 5.91 Å². The van der Waals surface area contributed by atoms with Crippen LogP contribution in [0.4, 0.5) is 0 Å². The highest BCUT2D eigenvalue weighted by Crippen LogP contribution is 2.36. The van der Waals surface area contributed by atoms with Crippen LogP contribution in [0.3, 0.4) is 0 Å². The summed E-state index contributed by atoms with van der Waals surface area (Å²) < 4.78 is 10.7. The average molecular weight is 370 g/mol. The average Bonchev–Trinajstić information content (AvgIpc) is 2.52. The molecule has 1 aliphatic rings. The predicted octanol–water partition coefficient (Wildman–Crippen LogP) is 1.31. The van der Waals surface area contributed by atoms with Crippen molar-refractivity contribution in [2.75, 3.05) is 26.8 Å². The molecule has 1 unspecified atom stereocenters. The number of benzene rings is 1. The van der Waals surface area contributed by atoms with Crippen LogP contribution in [0, 0.1) is 0 Å². The van der Waals surface area contributed by atoms with E-state index in [9.17, 15) is 9.59 Å². The van der Waals surface area contributed by atoms with E-state index in [2.05, 4.69) is 10.2 Å². The predicted molar refractivity (Wildman–Crippen MR) is 94.8 cm³/mol. The molecule has 1 fully saturated rings. The van der Waals surface area contributed by atoms with Crippen molar-refractivity contribution in [1.82, 2.24) is 10.2 Å². The monoisotopic (exact) mass is 369 g/mol. The molecule has 0 saturated carbocycles. The summed E-state index contributed by atoms with van der Waals surface area (Å²) in [5, 5.41) is 3.34. The van der Waals surface area contributed by atoms with Gasteiger partial charge in [-0.15, -0.1) is 0 Å². The Morgan fingerprint density at radius 2 is 2.20 bits per heavy atom. The van der Waals surface area contributed by atoms with Gasteiger partial charge in [0.1, 0.15) is 0 Å². The number of carbonyl (C=O) groups is 2. The van der Waals surface area contributed by atoms with Gasteiger partial charge < -0.3 is 20.5 Å². The van der Waals surface area contributed by atoms with Gasteiger partial charge in [-0.05, 0) is 37.1 Å². The quantitative estimate of drug-likeness (QED) is 0.755. The summed E-state index contributed by atoms with van der Waals surface area (Å²) in [6, 6.07) is 3.80. The number of rotatable bonds is 7. The van der Waals surface area contributed by atoms with Gasteiger partial charge in [-0.1, -0.05) is 11.6 Å². The first-order valence-corrected chi connectivity index (χ1v) is 8.53. The molecule has 0 bridgehead atoms. The van der Waals surface area contributed by atoms with Gasteiger partial charge in [0, 0.05) is 26.1 Å². The number of piperidine rings is 1. The highest BCUT2D eigenvalue weighted by molar-refractivity contribution is 6.32. The van der Waals surface area contributed by atoms with Crippen molar-refractivity contribution in [2.24, 2.45) is 5.73 Å². The number of nitrogens with zero attached hydrogens (tertiary/aromatic N) is 1. The van der Waals surface area contributed by atoms with Gasteiger partial charge in [0.15, 0.2) is 18.1 Å². The number of methoxy groups -OCH3 is 1. The SMILES string of the molecule is COc1cc(CN2CCCC(NC(C)=O)C2)cc(Cl)c1OCC(N)=O. The van der Waals surface area contributed by atoms with Crippen LogP contribution in [0.15, 0.2) is 12.1 Å². The zero-order chi connectivity index (χ0) is 18.4. The van der Waals surface area contributed by atoms with Gasteiger partial charge in [-0.2, -0.15) is 0 Å². The molecule has 2 rings (SSSR count). The van der Waals surface area contributed by atoms with Crippen molar-refractivity contribution in [2.45, 2.75) is 32.4 Å². The van der Waals surface area contributed by atoms with E-state index in [1.165, 1.54) is 14.0 Å². The fraction of sp³-hybridized carbons (Fsp3) is 0.529. The van der Waals surface area contributed by atoms with Gasteiger partial charge >= 0.3 is 0 Å². The van der Waals surface area contributed by atoms with E-state index in [0.717, 1.165) is 31.5 Å². The molecular formula is C17H24ClN3O4. The number of halogens is 1. The molecule has 0 radical (unpaired) electrons. The van der Waals surface area contributed by atoms with E-state index in [1.54, 1.807) is 6.07 Å². The Labute approximate surface area is 152 Å². The fourth-order valence-electron chi connectivity index (χ4n) is 3.01. The lowest BCUT2D eigenvalue weighted by molar-refractivity contribution is -0.120. The molecule has 1 saturated heterocycles. The molecule has 1 aromatic rings. The minimum absolute atomic E-state index is 0.00693. The molecule has 0 spiro atoms. The van der Waals surface area contributed by atoms with E-state index >= 15 is 0 Å². The van der Waals surface area contributed by atoms with Crippen LogP contribution in [0.25, 0.3) is 0 Å². The van der Waals surface area contributed by atoms with Crippen LogP contribution >= 0.6 is 11.6 Å². The molecule has 25 heavy (non-hydrogen) atoms. The first-order chi connectivity index (χ1) is 11.9. The van der Waals surface area contributed by atoms with Crippen molar-refractivity contribution in [3.8, 4) is 11.5 Å². The van der Waals surface area contributed by atoms with Gasteiger partial charge in [0.05, 0.1) is 12.1 Å². The van der Waals surface area contributed by atoms with Crippen LogP contribution in [-0.4, -0.2) is 49.6 Å². The molecule has 3 N–H and O–H groups in total. The summed E-state index contributed by atoms with van der Waals surface area (Å²) in [6.45, 7) is 3.70. The third-order valence-electron chi connectivity index (χ3n) is 3.97. The first kappa shape index (κ1) is 19.3. The highest BCUT2D eigenvalue weighted by Gasteiger charge is 2.21. The second-order valence-electron chi connectivity index (χ2n) is 6.14. The number of primary amides is 1. The molecule has 1 atom stereocenters. The van der Waals surface area contributed by atoms with E-state index < -0.39 is 5.91 Å². The Kier molecular flexibility index (Phi) is 6.90. The Balaban J connectivity index is 2.07. The van der Waals surface area contributed by atoms with Crippen LogP contribution in [0.1, 0.15) is 25.3 Å². The third-order valence-corrected chi connectivity index (χ3v) is 4.25. The van der Waals surface area contributed by atoms with Crippen LogP contribution in [0.5, 0.6) is 11.5 Å². The number of amides is 2. The molecule has 2 amide bonds. The Bertz CT molecular complexity index is 639. The number of hydrogen-bond acceptors (Lipinski definition) is 5.